The fourth-order valence-electron chi connectivity index (χ4n) is 3.36. The lowest BCUT2D eigenvalue weighted by Crippen LogP contribution is -2.39. The molecule has 3 rings (SSSR count). The zero-order valence-corrected chi connectivity index (χ0v) is 15.4. The molecule has 27 heavy (non-hydrogen) atoms. The second kappa shape index (κ2) is 9.24. The maximum atomic E-state index is 13.4. The van der Waals surface area contributed by atoms with Crippen LogP contribution < -0.4 is 10.6 Å². The average molecular weight is 399 g/mol. The Morgan fingerprint density at radius 3 is 2.48 bits per heavy atom. The molecule has 1 aliphatic heterocycles. The third kappa shape index (κ3) is 5.47. The first kappa shape index (κ1) is 21.3. The number of halogens is 4. The van der Waals surface area contributed by atoms with Crippen molar-refractivity contribution in [1.29, 1.82) is 0 Å². The van der Waals surface area contributed by atoms with Crippen molar-refractivity contribution in [2.45, 2.75) is 31.0 Å². The van der Waals surface area contributed by atoms with Crippen LogP contribution in [0.2, 0.25) is 0 Å². The van der Waals surface area contributed by atoms with Gasteiger partial charge in [-0.15, -0.1) is 12.4 Å². The second-order valence-corrected chi connectivity index (χ2v) is 6.47. The summed E-state index contributed by atoms with van der Waals surface area (Å²) in [6.07, 6.45) is -4.17. The van der Waals surface area contributed by atoms with Crippen LogP contribution in [0.25, 0.3) is 0 Å². The monoisotopic (exact) mass is 398 g/mol. The molecule has 0 radical (unpaired) electrons. The Kier molecular flexibility index (Phi) is 7.27. The van der Waals surface area contributed by atoms with Crippen LogP contribution in [0.1, 0.15) is 35.1 Å². The minimum atomic E-state index is -4.46. The Morgan fingerprint density at radius 2 is 1.78 bits per heavy atom. The number of carbonyl (C=O) groups excluding carboxylic acids is 1. The first-order chi connectivity index (χ1) is 12.4. The van der Waals surface area contributed by atoms with Gasteiger partial charge in [0.05, 0.1) is 5.92 Å². The highest BCUT2D eigenvalue weighted by Gasteiger charge is 2.41. The van der Waals surface area contributed by atoms with E-state index in [0.717, 1.165) is 18.5 Å². The van der Waals surface area contributed by atoms with Gasteiger partial charge < -0.3 is 10.6 Å². The molecule has 7 heteroatoms. The lowest BCUT2D eigenvalue weighted by Gasteiger charge is -2.27. The quantitative estimate of drug-likeness (QED) is 0.794. The average Bonchev–Trinajstić information content (AvgIpc) is 2.64. The molecule has 0 aromatic heterocycles. The van der Waals surface area contributed by atoms with E-state index in [-0.39, 0.29) is 30.6 Å². The summed E-state index contributed by atoms with van der Waals surface area (Å²) in [4.78, 5) is 12.2. The smallest absolute Gasteiger partial charge is 0.354 e. The number of nitrogens with one attached hydrogen (secondary N) is 2. The Balaban J connectivity index is 0.00000261. The van der Waals surface area contributed by atoms with Crippen LogP contribution in [0.15, 0.2) is 54.6 Å². The number of benzene rings is 2. The SMILES string of the molecule is Cl.O=C(CC(c1ccccc1)C(F)(F)F)NCC1NCCc2ccccc21. The van der Waals surface area contributed by atoms with Gasteiger partial charge in [0, 0.05) is 19.0 Å². The molecule has 0 fully saturated rings. The summed E-state index contributed by atoms with van der Waals surface area (Å²) in [6, 6.07) is 15.4. The molecule has 1 aliphatic rings. The van der Waals surface area contributed by atoms with Crippen molar-refractivity contribution in [2.24, 2.45) is 0 Å². The highest BCUT2D eigenvalue weighted by molar-refractivity contribution is 5.85. The van der Waals surface area contributed by atoms with Gasteiger partial charge in [-0.3, -0.25) is 4.79 Å². The maximum absolute atomic E-state index is 13.4. The summed E-state index contributed by atoms with van der Waals surface area (Å²) >= 11 is 0. The van der Waals surface area contributed by atoms with Crippen LogP contribution >= 0.6 is 12.4 Å². The first-order valence-electron chi connectivity index (χ1n) is 8.64. The Bertz CT molecular complexity index is 752. The Labute approximate surface area is 162 Å². The van der Waals surface area contributed by atoms with Crippen LogP contribution in [0.4, 0.5) is 13.2 Å². The van der Waals surface area contributed by atoms with Gasteiger partial charge in [0.1, 0.15) is 0 Å². The van der Waals surface area contributed by atoms with Gasteiger partial charge in [-0.25, -0.2) is 0 Å². The molecule has 0 saturated heterocycles. The van der Waals surface area contributed by atoms with Gasteiger partial charge in [0.15, 0.2) is 0 Å². The van der Waals surface area contributed by atoms with Crippen LogP contribution in [0.3, 0.4) is 0 Å². The van der Waals surface area contributed by atoms with Gasteiger partial charge in [-0.2, -0.15) is 13.2 Å². The molecule has 2 N–H and O–H groups in total. The minimum Gasteiger partial charge on any atom is -0.354 e. The Hall–Kier alpha value is -2.05. The van der Waals surface area contributed by atoms with E-state index < -0.39 is 24.4 Å². The summed E-state index contributed by atoms with van der Waals surface area (Å²) in [5.74, 6) is -2.39. The van der Waals surface area contributed by atoms with Crippen molar-refractivity contribution in [1.82, 2.24) is 10.6 Å². The first-order valence-corrected chi connectivity index (χ1v) is 8.64. The predicted molar refractivity (Wildman–Crippen MR) is 101 cm³/mol. The van der Waals surface area contributed by atoms with Gasteiger partial charge in [0.2, 0.25) is 5.91 Å². The number of fused-ring (bicyclic) bond motifs is 1. The summed E-state index contributed by atoms with van der Waals surface area (Å²) in [5.41, 5.74) is 2.41. The van der Waals surface area contributed by atoms with Crippen molar-refractivity contribution >= 4 is 18.3 Å². The molecule has 2 atom stereocenters. The van der Waals surface area contributed by atoms with Crippen LogP contribution in [0, 0.1) is 0 Å². The summed E-state index contributed by atoms with van der Waals surface area (Å²) < 4.78 is 40.1. The molecule has 3 nitrogen and oxygen atoms in total. The van der Waals surface area contributed by atoms with Crippen molar-refractivity contribution < 1.29 is 18.0 Å². The van der Waals surface area contributed by atoms with Crippen molar-refractivity contribution in [3.63, 3.8) is 0 Å². The second-order valence-electron chi connectivity index (χ2n) is 6.47. The van der Waals surface area contributed by atoms with E-state index in [0.29, 0.717) is 0 Å². The lowest BCUT2D eigenvalue weighted by atomic mass is 9.93. The van der Waals surface area contributed by atoms with E-state index >= 15 is 0 Å². The molecular weight excluding hydrogens is 377 g/mol. The van der Waals surface area contributed by atoms with Crippen molar-refractivity contribution in [3.8, 4) is 0 Å². The topological polar surface area (TPSA) is 41.1 Å². The third-order valence-electron chi connectivity index (χ3n) is 4.71. The van der Waals surface area contributed by atoms with Crippen molar-refractivity contribution in [3.05, 3.63) is 71.3 Å². The molecule has 0 bridgehead atoms. The largest absolute Gasteiger partial charge is 0.396 e. The van der Waals surface area contributed by atoms with E-state index in [1.807, 2.05) is 24.3 Å². The Morgan fingerprint density at radius 1 is 1.11 bits per heavy atom. The number of carbonyl (C=O) groups is 1. The summed E-state index contributed by atoms with van der Waals surface area (Å²) in [7, 11) is 0. The van der Waals surface area contributed by atoms with E-state index in [1.165, 1.54) is 17.7 Å². The molecule has 0 saturated carbocycles. The van der Waals surface area contributed by atoms with Crippen LogP contribution in [-0.2, 0) is 11.2 Å². The maximum Gasteiger partial charge on any atom is 0.396 e. The highest BCUT2D eigenvalue weighted by atomic mass is 35.5. The van der Waals surface area contributed by atoms with Gasteiger partial charge in [-0.05, 0) is 29.7 Å². The molecule has 1 amide bonds. The van der Waals surface area contributed by atoms with Crippen molar-refractivity contribution in [2.75, 3.05) is 13.1 Å². The number of alkyl halides is 3. The van der Waals surface area contributed by atoms with Gasteiger partial charge in [0.25, 0.3) is 0 Å². The van der Waals surface area contributed by atoms with E-state index in [4.69, 9.17) is 0 Å². The fourth-order valence-corrected chi connectivity index (χ4v) is 3.36. The molecule has 0 spiro atoms. The predicted octanol–water partition coefficient (Wildman–Crippen LogP) is 4.15. The number of hydrogen-bond donors (Lipinski definition) is 2. The van der Waals surface area contributed by atoms with Crippen LogP contribution in [0.5, 0.6) is 0 Å². The highest BCUT2D eigenvalue weighted by Crippen LogP contribution is 2.37. The number of hydrogen-bond acceptors (Lipinski definition) is 2. The summed E-state index contributed by atoms with van der Waals surface area (Å²) in [5, 5.41) is 5.97. The molecule has 0 aliphatic carbocycles. The molecule has 2 unspecified atom stereocenters. The minimum absolute atomic E-state index is 0. The van der Waals surface area contributed by atoms with E-state index in [1.54, 1.807) is 18.2 Å². The summed E-state index contributed by atoms with van der Waals surface area (Å²) in [6.45, 7) is 1.06. The molecule has 146 valence electrons. The normalized spacial score (nSPS) is 17.4. The molecule has 1 heterocycles. The number of rotatable bonds is 5. The standard InChI is InChI=1S/C20H21F3N2O.ClH/c21-20(22,23)17(15-7-2-1-3-8-15)12-19(26)25-13-18-16-9-5-4-6-14(16)10-11-24-18;/h1-9,17-18,24H,10-13H2,(H,25,26);1H. The van der Waals surface area contributed by atoms with Gasteiger partial charge in [-0.1, -0.05) is 54.6 Å². The van der Waals surface area contributed by atoms with E-state index in [9.17, 15) is 18.0 Å². The number of amides is 1. The molecule has 2 aromatic rings. The van der Waals surface area contributed by atoms with Crippen LogP contribution in [-0.4, -0.2) is 25.2 Å². The van der Waals surface area contributed by atoms with Gasteiger partial charge >= 0.3 is 6.18 Å². The zero-order valence-electron chi connectivity index (χ0n) is 14.6. The molecular formula is C20H22ClF3N2O. The lowest BCUT2D eigenvalue weighted by molar-refractivity contribution is -0.157. The van der Waals surface area contributed by atoms with E-state index in [2.05, 4.69) is 10.6 Å². The molecule has 2 aromatic carbocycles. The zero-order chi connectivity index (χ0) is 18.6. The third-order valence-corrected chi connectivity index (χ3v) is 4.71. The fraction of sp³-hybridized carbons (Fsp3) is 0.350.